The molecular weight excluding hydrogens is 256 g/mol. The first kappa shape index (κ1) is 14.2. The van der Waals surface area contributed by atoms with E-state index >= 15 is 0 Å². The standard InChI is InChI=1S/C13H20N6O/c1-4-8-14-12-16-11(17-13(18-12)20-6-3)10-7-9-15-19(10)5-2/h7,9H,4-6,8H2,1-3H3,(H,14,16,17,18). The quantitative estimate of drug-likeness (QED) is 0.833. The Morgan fingerprint density at radius 1 is 1.20 bits per heavy atom. The number of hydrogen-bond donors (Lipinski definition) is 1. The number of nitrogens with zero attached hydrogens (tertiary/aromatic N) is 5. The third-order valence-corrected chi connectivity index (χ3v) is 2.67. The Morgan fingerprint density at radius 3 is 2.75 bits per heavy atom. The van der Waals surface area contributed by atoms with Gasteiger partial charge in [0.05, 0.1) is 6.61 Å². The molecule has 2 heterocycles. The Labute approximate surface area is 118 Å². The summed E-state index contributed by atoms with van der Waals surface area (Å²) in [5.41, 5.74) is 0.857. The van der Waals surface area contributed by atoms with Gasteiger partial charge in [0.15, 0.2) is 5.82 Å². The number of hydrogen-bond acceptors (Lipinski definition) is 6. The molecule has 2 rings (SSSR count). The largest absolute Gasteiger partial charge is 0.464 e. The first-order chi connectivity index (χ1) is 9.78. The van der Waals surface area contributed by atoms with Gasteiger partial charge in [0.25, 0.3) is 0 Å². The lowest BCUT2D eigenvalue weighted by molar-refractivity contribution is 0.312. The fourth-order valence-corrected chi connectivity index (χ4v) is 1.76. The van der Waals surface area contributed by atoms with Crippen molar-refractivity contribution >= 4 is 5.95 Å². The van der Waals surface area contributed by atoms with Gasteiger partial charge >= 0.3 is 6.01 Å². The minimum Gasteiger partial charge on any atom is -0.464 e. The summed E-state index contributed by atoms with van der Waals surface area (Å²) in [5.74, 6) is 1.10. The molecule has 0 radical (unpaired) electrons. The maximum absolute atomic E-state index is 5.41. The van der Waals surface area contributed by atoms with Gasteiger partial charge in [-0.15, -0.1) is 0 Å². The van der Waals surface area contributed by atoms with Crippen LogP contribution in [0.5, 0.6) is 6.01 Å². The van der Waals surface area contributed by atoms with Crippen LogP contribution in [0.15, 0.2) is 12.3 Å². The molecule has 7 nitrogen and oxygen atoms in total. The third kappa shape index (κ3) is 3.23. The second-order valence-electron chi connectivity index (χ2n) is 4.16. The second-order valence-corrected chi connectivity index (χ2v) is 4.16. The lowest BCUT2D eigenvalue weighted by Crippen LogP contribution is -2.10. The van der Waals surface area contributed by atoms with Crippen LogP contribution in [0.2, 0.25) is 0 Å². The summed E-state index contributed by atoms with van der Waals surface area (Å²) in [4.78, 5) is 13.0. The molecule has 0 saturated carbocycles. The van der Waals surface area contributed by atoms with Crippen LogP contribution in [-0.4, -0.2) is 37.9 Å². The zero-order chi connectivity index (χ0) is 14.4. The molecule has 0 fully saturated rings. The molecule has 0 amide bonds. The number of ether oxygens (including phenoxy) is 1. The number of aromatic nitrogens is 5. The molecule has 108 valence electrons. The highest BCUT2D eigenvalue weighted by Crippen LogP contribution is 2.18. The van der Waals surface area contributed by atoms with Crippen LogP contribution in [0.25, 0.3) is 11.5 Å². The minimum absolute atomic E-state index is 0.333. The number of aryl methyl sites for hydroxylation is 1. The summed E-state index contributed by atoms with van der Waals surface area (Å²) >= 11 is 0. The van der Waals surface area contributed by atoms with E-state index in [2.05, 4.69) is 32.3 Å². The fourth-order valence-electron chi connectivity index (χ4n) is 1.76. The van der Waals surface area contributed by atoms with E-state index in [4.69, 9.17) is 4.74 Å². The molecule has 0 aliphatic rings. The summed E-state index contributed by atoms with van der Waals surface area (Å²) < 4.78 is 7.25. The van der Waals surface area contributed by atoms with E-state index in [0.29, 0.717) is 24.4 Å². The zero-order valence-electron chi connectivity index (χ0n) is 12.1. The van der Waals surface area contributed by atoms with Crippen LogP contribution in [-0.2, 0) is 6.54 Å². The Morgan fingerprint density at radius 2 is 2.05 bits per heavy atom. The maximum atomic E-state index is 5.41. The molecule has 0 aromatic carbocycles. The second kappa shape index (κ2) is 6.83. The molecule has 20 heavy (non-hydrogen) atoms. The summed E-state index contributed by atoms with van der Waals surface area (Å²) in [6, 6.07) is 2.22. The maximum Gasteiger partial charge on any atom is 0.321 e. The first-order valence-electron chi connectivity index (χ1n) is 6.93. The average molecular weight is 276 g/mol. The van der Waals surface area contributed by atoms with Crippen LogP contribution in [0.4, 0.5) is 5.95 Å². The van der Waals surface area contributed by atoms with Crippen LogP contribution in [0, 0.1) is 0 Å². The molecule has 7 heteroatoms. The molecule has 1 N–H and O–H groups in total. The highest BCUT2D eigenvalue weighted by molar-refractivity contribution is 5.51. The number of nitrogens with one attached hydrogen (secondary N) is 1. The summed E-state index contributed by atoms with van der Waals surface area (Å²) in [5, 5.41) is 7.39. The van der Waals surface area contributed by atoms with E-state index in [1.807, 2.05) is 24.6 Å². The molecule has 0 bridgehead atoms. The molecule has 2 aromatic rings. The van der Waals surface area contributed by atoms with E-state index in [0.717, 1.165) is 25.2 Å². The van der Waals surface area contributed by atoms with Crippen molar-refractivity contribution in [3.05, 3.63) is 12.3 Å². The zero-order valence-corrected chi connectivity index (χ0v) is 12.1. The Kier molecular flexibility index (Phi) is 4.86. The van der Waals surface area contributed by atoms with Gasteiger partial charge in [-0.1, -0.05) is 6.92 Å². The summed E-state index contributed by atoms with van der Waals surface area (Å²) in [7, 11) is 0. The van der Waals surface area contributed by atoms with Crippen molar-refractivity contribution in [1.82, 2.24) is 24.7 Å². The molecule has 0 unspecified atom stereocenters. The normalized spacial score (nSPS) is 10.6. The van der Waals surface area contributed by atoms with Crippen molar-refractivity contribution in [1.29, 1.82) is 0 Å². The van der Waals surface area contributed by atoms with Crippen molar-refractivity contribution < 1.29 is 4.74 Å². The molecule has 0 spiro atoms. The van der Waals surface area contributed by atoms with Crippen molar-refractivity contribution in [2.45, 2.75) is 33.7 Å². The summed E-state index contributed by atoms with van der Waals surface area (Å²) in [6.45, 7) is 8.10. The van der Waals surface area contributed by atoms with Crippen LogP contribution < -0.4 is 10.1 Å². The van der Waals surface area contributed by atoms with E-state index < -0.39 is 0 Å². The van der Waals surface area contributed by atoms with E-state index in [9.17, 15) is 0 Å². The predicted octanol–water partition coefficient (Wildman–Crippen LogP) is 1.98. The smallest absolute Gasteiger partial charge is 0.321 e. The highest BCUT2D eigenvalue weighted by Gasteiger charge is 2.12. The SMILES string of the molecule is CCCNc1nc(OCC)nc(-c2ccnn2CC)n1. The fraction of sp³-hybridized carbons (Fsp3) is 0.538. The average Bonchev–Trinajstić information content (AvgIpc) is 2.93. The van der Waals surface area contributed by atoms with Crippen LogP contribution in [0.1, 0.15) is 27.2 Å². The lowest BCUT2D eigenvalue weighted by Gasteiger charge is -2.09. The molecular formula is C13H20N6O. The molecule has 0 atom stereocenters. The van der Waals surface area contributed by atoms with E-state index in [1.165, 1.54) is 0 Å². The Bertz CT molecular complexity index is 554. The van der Waals surface area contributed by atoms with Gasteiger partial charge in [0.1, 0.15) is 5.69 Å². The van der Waals surface area contributed by atoms with Gasteiger partial charge < -0.3 is 10.1 Å². The number of rotatable bonds is 7. The van der Waals surface area contributed by atoms with Gasteiger partial charge in [0.2, 0.25) is 5.95 Å². The van der Waals surface area contributed by atoms with E-state index in [1.54, 1.807) is 6.20 Å². The number of anilines is 1. The van der Waals surface area contributed by atoms with Gasteiger partial charge in [-0.25, -0.2) is 0 Å². The van der Waals surface area contributed by atoms with Gasteiger partial charge in [0, 0.05) is 19.3 Å². The van der Waals surface area contributed by atoms with Crippen molar-refractivity contribution in [3.8, 4) is 17.5 Å². The van der Waals surface area contributed by atoms with Crippen molar-refractivity contribution in [3.63, 3.8) is 0 Å². The highest BCUT2D eigenvalue weighted by atomic mass is 16.5. The van der Waals surface area contributed by atoms with Crippen molar-refractivity contribution in [2.24, 2.45) is 0 Å². The van der Waals surface area contributed by atoms with Gasteiger partial charge in [-0.2, -0.15) is 20.1 Å². The van der Waals surface area contributed by atoms with Gasteiger partial charge in [-0.3, -0.25) is 4.68 Å². The molecule has 0 aliphatic heterocycles. The monoisotopic (exact) mass is 276 g/mol. The molecule has 0 saturated heterocycles. The Hall–Kier alpha value is -2.18. The first-order valence-corrected chi connectivity index (χ1v) is 6.93. The van der Waals surface area contributed by atoms with Crippen LogP contribution >= 0.6 is 0 Å². The van der Waals surface area contributed by atoms with Crippen LogP contribution in [0.3, 0.4) is 0 Å². The summed E-state index contributed by atoms with van der Waals surface area (Å²) in [6.07, 6.45) is 2.74. The van der Waals surface area contributed by atoms with Crippen molar-refractivity contribution in [2.75, 3.05) is 18.5 Å². The predicted molar refractivity (Wildman–Crippen MR) is 76.7 cm³/mol. The van der Waals surface area contributed by atoms with Gasteiger partial charge in [-0.05, 0) is 26.3 Å². The van der Waals surface area contributed by atoms with E-state index in [-0.39, 0.29) is 0 Å². The molecule has 2 aromatic heterocycles. The topological polar surface area (TPSA) is 77.8 Å². The minimum atomic E-state index is 0.333. The third-order valence-electron chi connectivity index (χ3n) is 2.67. The lowest BCUT2D eigenvalue weighted by atomic mass is 10.4. The Balaban J connectivity index is 2.38. The molecule has 0 aliphatic carbocycles.